The van der Waals surface area contributed by atoms with Crippen LogP contribution < -0.4 is 0 Å². The lowest BCUT2D eigenvalue weighted by molar-refractivity contribution is -0.0555. The van der Waals surface area contributed by atoms with Crippen LogP contribution in [-0.4, -0.2) is 34.7 Å². The first-order valence-corrected chi connectivity index (χ1v) is 3.91. The Hall–Kier alpha value is -0.230. The maximum absolute atomic E-state index is 11.8. The number of halogens is 3. The van der Waals surface area contributed by atoms with Crippen LogP contribution in [0, 0.1) is 0 Å². The highest BCUT2D eigenvalue weighted by atomic mass is 32.2. The number of aliphatic hydroxyl groups excluding tert-OH is 1. The molecule has 1 aliphatic rings. The zero-order valence-electron chi connectivity index (χ0n) is 5.43. The van der Waals surface area contributed by atoms with E-state index in [1.165, 1.54) is 0 Å². The van der Waals surface area contributed by atoms with Crippen molar-refractivity contribution in [3.05, 3.63) is 0 Å². The van der Waals surface area contributed by atoms with E-state index >= 15 is 0 Å². The Labute approximate surface area is 65.5 Å². The molecule has 0 amide bonds. The monoisotopic (exact) mass is 185 g/mol. The van der Waals surface area contributed by atoms with Crippen LogP contribution in [0.3, 0.4) is 0 Å². The molecule has 2 nitrogen and oxygen atoms in total. The maximum atomic E-state index is 11.8. The van der Waals surface area contributed by atoms with E-state index in [0.717, 1.165) is 0 Å². The van der Waals surface area contributed by atoms with Crippen molar-refractivity contribution in [1.82, 2.24) is 0 Å². The molecule has 1 rings (SSSR count). The van der Waals surface area contributed by atoms with Crippen molar-refractivity contribution in [2.75, 3.05) is 12.4 Å². The van der Waals surface area contributed by atoms with Gasteiger partial charge in [-0.1, -0.05) is 11.8 Å². The predicted octanol–water partition coefficient (Wildman–Crippen LogP) is 1.05. The molecule has 0 fully saturated rings. The average molecular weight is 185 g/mol. The first-order valence-electron chi connectivity index (χ1n) is 2.92. The van der Waals surface area contributed by atoms with Gasteiger partial charge in [0.1, 0.15) is 0 Å². The second kappa shape index (κ2) is 3.02. The minimum absolute atomic E-state index is 0.228. The van der Waals surface area contributed by atoms with Crippen molar-refractivity contribution in [3.63, 3.8) is 0 Å². The summed E-state index contributed by atoms with van der Waals surface area (Å²) < 4.78 is 35.5. The Bertz CT molecular complexity index is 179. The summed E-state index contributed by atoms with van der Waals surface area (Å²) in [5, 5.41) is 7.64. The van der Waals surface area contributed by atoms with E-state index in [1.54, 1.807) is 0 Å². The van der Waals surface area contributed by atoms with Crippen molar-refractivity contribution in [2.24, 2.45) is 4.99 Å². The van der Waals surface area contributed by atoms with Crippen LogP contribution in [-0.2, 0) is 0 Å². The molecule has 0 aromatic carbocycles. The fourth-order valence-corrected chi connectivity index (χ4v) is 1.58. The van der Waals surface area contributed by atoms with E-state index in [-0.39, 0.29) is 12.4 Å². The second-order valence-electron chi connectivity index (χ2n) is 2.08. The van der Waals surface area contributed by atoms with Gasteiger partial charge >= 0.3 is 6.18 Å². The van der Waals surface area contributed by atoms with Gasteiger partial charge in [-0.3, -0.25) is 4.99 Å². The first-order chi connectivity index (χ1) is 5.04. The van der Waals surface area contributed by atoms with Crippen molar-refractivity contribution < 1.29 is 18.3 Å². The van der Waals surface area contributed by atoms with Gasteiger partial charge in [-0.25, -0.2) is 0 Å². The Balaban J connectivity index is 2.62. The summed E-state index contributed by atoms with van der Waals surface area (Å²) in [5.74, 6) is 0.228. The Morgan fingerprint density at radius 3 is 2.55 bits per heavy atom. The first kappa shape index (κ1) is 8.86. The molecule has 0 aliphatic carbocycles. The summed E-state index contributed by atoms with van der Waals surface area (Å²) in [4.78, 5) is 3.28. The zero-order chi connectivity index (χ0) is 8.48. The van der Waals surface area contributed by atoms with E-state index < -0.39 is 17.3 Å². The van der Waals surface area contributed by atoms with Crippen LogP contribution in [0.25, 0.3) is 0 Å². The van der Waals surface area contributed by atoms with Crippen LogP contribution in [0.1, 0.15) is 0 Å². The fraction of sp³-hybridized carbons (Fsp3) is 0.800. The Morgan fingerprint density at radius 1 is 1.64 bits per heavy atom. The standard InChI is InChI=1S/C5H6F3NOS/c6-5(7,8)4-9-3(1-10)2-11-4/h3,10H,1-2H2. The molecule has 0 saturated carbocycles. The van der Waals surface area contributed by atoms with Crippen molar-refractivity contribution in [2.45, 2.75) is 12.2 Å². The molecule has 0 aromatic rings. The quantitative estimate of drug-likeness (QED) is 0.662. The number of aliphatic imine (C=N–C) groups is 1. The summed E-state index contributed by atoms with van der Waals surface area (Å²) in [7, 11) is 0. The van der Waals surface area contributed by atoms with E-state index in [1.807, 2.05) is 0 Å². The molecule has 0 bridgehead atoms. The zero-order valence-corrected chi connectivity index (χ0v) is 6.24. The maximum Gasteiger partial charge on any atom is 0.439 e. The normalized spacial score (nSPS) is 25.5. The molecule has 0 aromatic heterocycles. The minimum atomic E-state index is -4.34. The van der Waals surface area contributed by atoms with Crippen LogP contribution in [0.15, 0.2) is 4.99 Å². The van der Waals surface area contributed by atoms with Crippen LogP contribution >= 0.6 is 11.8 Å². The van der Waals surface area contributed by atoms with Crippen molar-refractivity contribution in [3.8, 4) is 0 Å². The lowest BCUT2D eigenvalue weighted by Gasteiger charge is -2.02. The van der Waals surface area contributed by atoms with Gasteiger partial charge in [-0.15, -0.1) is 0 Å². The summed E-state index contributed by atoms with van der Waals surface area (Å²) in [5.41, 5.74) is 0. The van der Waals surface area contributed by atoms with E-state index in [2.05, 4.69) is 4.99 Å². The lowest BCUT2D eigenvalue weighted by atomic mass is 10.4. The van der Waals surface area contributed by atoms with Gasteiger partial charge in [0, 0.05) is 5.75 Å². The third kappa shape index (κ3) is 2.10. The van der Waals surface area contributed by atoms with Gasteiger partial charge in [-0.2, -0.15) is 13.2 Å². The van der Waals surface area contributed by atoms with Crippen LogP contribution in [0.2, 0.25) is 0 Å². The number of hydrogen-bond acceptors (Lipinski definition) is 3. The third-order valence-electron chi connectivity index (χ3n) is 1.17. The minimum Gasteiger partial charge on any atom is -0.394 e. The van der Waals surface area contributed by atoms with Gasteiger partial charge in [0.15, 0.2) is 5.04 Å². The third-order valence-corrected chi connectivity index (χ3v) is 2.33. The van der Waals surface area contributed by atoms with E-state index in [4.69, 9.17) is 5.11 Å². The number of hydrogen-bond donors (Lipinski definition) is 1. The van der Waals surface area contributed by atoms with Crippen LogP contribution in [0.4, 0.5) is 13.2 Å². The Kier molecular flexibility index (Phi) is 2.43. The molecular formula is C5H6F3NOS. The summed E-state index contributed by atoms with van der Waals surface area (Å²) in [6, 6.07) is -0.573. The number of nitrogens with zero attached hydrogens (tertiary/aromatic N) is 1. The molecule has 0 spiro atoms. The molecule has 11 heavy (non-hydrogen) atoms. The smallest absolute Gasteiger partial charge is 0.394 e. The molecule has 64 valence electrons. The summed E-state index contributed by atoms with van der Waals surface area (Å²) in [6.45, 7) is -0.313. The summed E-state index contributed by atoms with van der Waals surface area (Å²) >= 11 is 0.647. The SMILES string of the molecule is OCC1CSC(C(F)(F)F)=N1. The highest BCUT2D eigenvalue weighted by Crippen LogP contribution is 2.30. The number of alkyl halides is 3. The topological polar surface area (TPSA) is 32.6 Å². The van der Waals surface area contributed by atoms with Crippen LogP contribution in [0.5, 0.6) is 0 Å². The van der Waals surface area contributed by atoms with E-state index in [9.17, 15) is 13.2 Å². The number of thioether (sulfide) groups is 1. The molecule has 0 saturated heterocycles. The molecule has 6 heteroatoms. The largest absolute Gasteiger partial charge is 0.439 e. The fourth-order valence-electron chi connectivity index (χ4n) is 0.664. The van der Waals surface area contributed by atoms with Crippen molar-refractivity contribution >= 4 is 16.8 Å². The second-order valence-corrected chi connectivity index (χ2v) is 3.09. The molecule has 1 N–H and O–H groups in total. The number of rotatable bonds is 1. The van der Waals surface area contributed by atoms with Gasteiger partial charge in [0.05, 0.1) is 12.6 Å². The number of aliphatic hydroxyl groups is 1. The lowest BCUT2D eigenvalue weighted by Crippen LogP contribution is -2.17. The van der Waals surface area contributed by atoms with Gasteiger partial charge in [-0.05, 0) is 0 Å². The average Bonchev–Trinajstić information content (AvgIpc) is 2.32. The molecule has 1 atom stereocenters. The highest BCUT2D eigenvalue weighted by molar-refractivity contribution is 8.14. The molecular weight excluding hydrogens is 179 g/mol. The highest BCUT2D eigenvalue weighted by Gasteiger charge is 2.39. The summed E-state index contributed by atoms with van der Waals surface area (Å²) in [6.07, 6.45) is -4.34. The van der Waals surface area contributed by atoms with Crippen molar-refractivity contribution in [1.29, 1.82) is 0 Å². The van der Waals surface area contributed by atoms with E-state index in [0.29, 0.717) is 11.8 Å². The molecule has 1 heterocycles. The van der Waals surface area contributed by atoms with Gasteiger partial charge in [0.2, 0.25) is 0 Å². The Morgan fingerprint density at radius 2 is 2.27 bits per heavy atom. The molecule has 1 aliphatic heterocycles. The van der Waals surface area contributed by atoms with Gasteiger partial charge < -0.3 is 5.11 Å². The molecule has 1 unspecified atom stereocenters. The van der Waals surface area contributed by atoms with Gasteiger partial charge in [0.25, 0.3) is 0 Å². The molecule has 0 radical (unpaired) electrons. The predicted molar refractivity (Wildman–Crippen MR) is 36.8 cm³/mol.